The lowest BCUT2D eigenvalue weighted by Crippen LogP contribution is -2.07. The van der Waals surface area contributed by atoms with Crippen molar-refractivity contribution in [2.75, 3.05) is 19.8 Å². The standard InChI is InChI=1S/C26H46ClNO4/c1-2-3-4-5-6-7-8-11-14-17-20-31-23-22-28-25(24(23)27)26(30)32-21-18-15-12-9-10-13-16-19-29/h22,28-29H,2-21H2,1H3. The molecule has 0 aliphatic rings. The van der Waals surface area contributed by atoms with Crippen molar-refractivity contribution in [1.29, 1.82) is 0 Å². The van der Waals surface area contributed by atoms with Crippen LogP contribution in [0, 0.1) is 0 Å². The van der Waals surface area contributed by atoms with Gasteiger partial charge in [0.25, 0.3) is 0 Å². The van der Waals surface area contributed by atoms with E-state index in [1.807, 2.05) is 0 Å². The van der Waals surface area contributed by atoms with E-state index in [9.17, 15) is 4.79 Å². The second kappa shape index (κ2) is 20.4. The lowest BCUT2D eigenvalue weighted by atomic mass is 10.1. The van der Waals surface area contributed by atoms with Gasteiger partial charge in [-0.25, -0.2) is 4.79 Å². The van der Waals surface area contributed by atoms with Crippen LogP contribution in [0.3, 0.4) is 0 Å². The van der Waals surface area contributed by atoms with Crippen molar-refractivity contribution in [3.63, 3.8) is 0 Å². The number of H-pyrrole nitrogens is 1. The van der Waals surface area contributed by atoms with E-state index in [1.165, 1.54) is 51.4 Å². The third-order valence-electron chi connectivity index (χ3n) is 5.78. The van der Waals surface area contributed by atoms with Crippen molar-refractivity contribution < 1.29 is 19.4 Å². The summed E-state index contributed by atoms with van der Waals surface area (Å²) in [5, 5.41) is 9.06. The molecule has 0 aliphatic carbocycles. The van der Waals surface area contributed by atoms with Crippen LogP contribution in [0.5, 0.6) is 5.75 Å². The Kier molecular flexibility index (Phi) is 18.4. The number of aliphatic hydroxyl groups excluding tert-OH is 1. The average Bonchev–Trinajstić information content (AvgIpc) is 3.16. The fourth-order valence-electron chi connectivity index (χ4n) is 3.75. The van der Waals surface area contributed by atoms with Crippen LogP contribution in [0.1, 0.15) is 127 Å². The normalized spacial score (nSPS) is 11.1. The van der Waals surface area contributed by atoms with Gasteiger partial charge >= 0.3 is 5.97 Å². The second-order valence-corrected chi connectivity index (χ2v) is 9.08. The van der Waals surface area contributed by atoms with Crippen LogP contribution in [-0.4, -0.2) is 35.9 Å². The van der Waals surface area contributed by atoms with Gasteiger partial charge < -0.3 is 19.6 Å². The molecule has 1 aromatic heterocycles. The number of carbonyl (C=O) groups is 1. The molecule has 0 bridgehead atoms. The minimum atomic E-state index is -0.424. The van der Waals surface area contributed by atoms with E-state index >= 15 is 0 Å². The largest absolute Gasteiger partial charge is 0.490 e. The van der Waals surface area contributed by atoms with E-state index in [0.717, 1.165) is 57.8 Å². The number of aromatic nitrogens is 1. The molecule has 0 fully saturated rings. The summed E-state index contributed by atoms with van der Waals surface area (Å²) in [7, 11) is 0. The summed E-state index contributed by atoms with van der Waals surface area (Å²) in [4.78, 5) is 15.1. The van der Waals surface area contributed by atoms with Crippen molar-refractivity contribution in [2.24, 2.45) is 0 Å². The minimum Gasteiger partial charge on any atom is -0.490 e. The summed E-state index contributed by atoms with van der Waals surface area (Å²) < 4.78 is 11.1. The summed E-state index contributed by atoms with van der Waals surface area (Å²) in [6, 6.07) is 0. The van der Waals surface area contributed by atoms with Crippen molar-refractivity contribution in [2.45, 2.75) is 116 Å². The van der Waals surface area contributed by atoms with Crippen molar-refractivity contribution in [1.82, 2.24) is 4.98 Å². The maximum atomic E-state index is 12.2. The number of hydrogen-bond donors (Lipinski definition) is 2. The van der Waals surface area contributed by atoms with Crippen LogP contribution in [0.4, 0.5) is 0 Å². The third-order valence-corrected chi connectivity index (χ3v) is 6.15. The minimum absolute atomic E-state index is 0.272. The van der Waals surface area contributed by atoms with Crippen LogP contribution in [0.2, 0.25) is 5.02 Å². The van der Waals surface area contributed by atoms with E-state index in [1.54, 1.807) is 6.20 Å². The Bertz CT molecular complexity index is 576. The zero-order valence-corrected chi connectivity index (χ0v) is 21.0. The van der Waals surface area contributed by atoms with Crippen LogP contribution < -0.4 is 4.74 Å². The van der Waals surface area contributed by atoms with E-state index in [-0.39, 0.29) is 12.3 Å². The molecule has 1 rings (SSSR count). The molecule has 0 spiro atoms. The molecule has 1 aromatic rings. The summed E-state index contributed by atoms with van der Waals surface area (Å²) in [5.74, 6) is 0.101. The number of aromatic amines is 1. The fraction of sp³-hybridized carbons (Fsp3) is 0.808. The number of unbranched alkanes of at least 4 members (excludes halogenated alkanes) is 15. The molecular weight excluding hydrogens is 426 g/mol. The third kappa shape index (κ3) is 14.1. The first-order valence-corrected chi connectivity index (χ1v) is 13.4. The van der Waals surface area contributed by atoms with Gasteiger partial charge in [-0.15, -0.1) is 0 Å². The van der Waals surface area contributed by atoms with Gasteiger partial charge in [0.15, 0.2) is 5.75 Å². The molecule has 0 atom stereocenters. The molecule has 0 radical (unpaired) electrons. The predicted octanol–water partition coefficient (Wildman–Crippen LogP) is 7.85. The summed E-state index contributed by atoms with van der Waals surface area (Å²) >= 11 is 6.30. The van der Waals surface area contributed by atoms with E-state index in [4.69, 9.17) is 26.2 Å². The van der Waals surface area contributed by atoms with Crippen LogP contribution in [0.15, 0.2) is 6.20 Å². The van der Waals surface area contributed by atoms with E-state index in [0.29, 0.717) is 24.0 Å². The summed E-state index contributed by atoms with van der Waals surface area (Å²) in [6.45, 7) is 3.55. The first kappa shape index (κ1) is 28.8. The molecular formula is C26H46ClNO4. The lowest BCUT2D eigenvalue weighted by molar-refractivity contribution is 0.0491. The number of nitrogens with one attached hydrogen (secondary N) is 1. The molecule has 5 nitrogen and oxygen atoms in total. The topological polar surface area (TPSA) is 71.6 Å². The van der Waals surface area contributed by atoms with Gasteiger partial charge in [0.2, 0.25) is 0 Å². The molecule has 0 unspecified atom stereocenters. The van der Waals surface area contributed by atoms with Crippen LogP contribution in [0.25, 0.3) is 0 Å². The lowest BCUT2D eigenvalue weighted by Gasteiger charge is -2.06. The van der Waals surface area contributed by atoms with E-state index in [2.05, 4.69) is 11.9 Å². The van der Waals surface area contributed by atoms with Gasteiger partial charge in [0.1, 0.15) is 10.7 Å². The average molecular weight is 472 g/mol. The van der Waals surface area contributed by atoms with Gasteiger partial charge in [-0.05, 0) is 19.3 Å². The Morgan fingerprint density at radius 1 is 0.812 bits per heavy atom. The van der Waals surface area contributed by atoms with E-state index < -0.39 is 5.97 Å². The van der Waals surface area contributed by atoms with Crippen LogP contribution >= 0.6 is 11.6 Å². The Hall–Kier alpha value is -1.20. The van der Waals surface area contributed by atoms with Crippen molar-refractivity contribution in [3.05, 3.63) is 16.9 Å². The maximum Gasteiger partial charge on any atom is 0.356 e. The molecule has 0 aromatic carbocycles. The second-order valence-electron chi connectivity index (χ2n) is 8.71. The summed E-state index contributed by atoms with van der Waals surface area (Å²) in [6.07, 6.45) is 21.8. The Balaban J connectivity index is 2.06. The Morgan fingerprint density at radius 2 is 1.31 bits per heavy atom. The Morgan fingerprint density at radius 3 is 1.88 bits per heavy atom. The monoisotopic (exact) mass is 471 g/mol. The SMILES string of the molecule is CCCCCCCCCCCCOc1c[nH]c(C(=O)OCCCCCCCCCO)c1Cl. The fourth-order valence-corrected chi connectivity index (χ4v) is 3.99. The highest BCUT2D eigenvalue weighted by atomic mass is 35.5. The summed E-state index contributed by atoms with van der Waals surface area (Å²) in [5.41, 5.74) is 0.272. The molecule has 32 heavy (non-hydrogen) atoms. The quantitative estimate of drug-likeness (QED) is 0.133. The molecule has 0 aliphatic heterocycles. The van der Waals surface area contributed by atoms with Gasteiger partial charge in [-0.1, -0.05) is 108 Å². The highest BCUT2D eigenvalue weighted by Gasteiger charge is 2.18. The molecule has 0 saturated carbocycles. The number of hydrogen-bond acceptors (Lipinski definition) is 4. The van der Waals surface area contributed by atoms with Gasteiger partial charge in [-0.2, -0.15) is 0 Å². The number of rotatable bonds is 22. The molecule has 0 saturated heterocycles. The first-order valence-electron chi connectivity index (χ1n) is 13.0. The van der Waals surface area contributed by atoms with Gasteiger partial charge in [-0.3, -0.25) is 0 Å². The van der Waals surface area contributed by atoms with Crippen LogP contribution in [-0.2, 0) is 4.74 Å². The predicted molar refractivity (Wildman–Crippen MR) is 133 cm³/mol. The first-order chi connectivity index (χ1) is 15.7. The molecule has 6 heteroatoms. The number of esters is 1. The number of ether oxygens (including phenoxy) is 2. The molecule has 186 valence electrons. The smallest absolute Gasteiger partial charge is 0.356 e. The zero-order valence-electron chi connectivity index (χ0n) is 20.3. The van der Waals surface area contributed by atoms with Gasteiger partial charge in [0, 0.05) is 12.8 Å². The molecule has 1 heterocycles. The van der Waals surface area contributed by atoms with Crippen molar-refractivity contribution in [3.8, 4) is 5.75 Å². The zero-order chi connectivity index (χ0) is 23.3. The molecule has 0 amide bonds. The number of carbonyl (C=O) groups excluding carboxylic acids is 1. The Labute approximate surface area is 200 Å². The van der Waals surface area contributed by atoms with Crippen molar-refractivity contribution >= 4 is 17.6 Å². The number of aliphatic hydroxyl groups is 1. The number of halogens is 1. The highest BCUT2D eigenvalue weighted by molar-refractivity contribution is 6.34. The van der Waals surface area contributed by atoms with Gasteiger partial charge in [0.05, 0.1) is 13.2 Å². The maximum absolute atomic E-state index is 12.2. The molecule has 2 N–H and O–H groups in total. The highest BCUT2D eigenvalue weighted by Crippen LogP contribution is 2.29.